The second kappa shape index (κ2) is 6.04. The van der Waals surface area contributed by atoms with Crippen molar-refractivity contribution in [2.45, 2.75) is 32.7 Å². The largest absolute Gasteiger partial charge is 0.307 e. The zero-order chi connectivity index (χ0) is 14.0. The maximum Gasteiger partial charge on any atom is 0.114 e. The molecule has 0 aliphatic carbocycles. The van der Waals surface area contributed by atoms with Crippen LogP contribution in [0, 0.1) is 6.92 Å². The molecule has 102 valence electrons. The van der Waals surface area contributed by atoms with Crippen LogP contribution < -0.4 is 5.32 Å². The second-order valence-electron chi connectivity index (χ2n) is 5.00. The van der Waals surface area contributed by atoms with Crippen molar-refractivity contribution in [2.24, 2.45) is 0 Å². The minimum absolute atomic E-state index is 0.107. The first-order valence-electron chi connectivity index (χ1n) is 6.41. The van der Waals surface area contributed by atoms with Crippen molar-refractivity contribution in [3.8, 4) is 0 Å². The van der Waals surface area contributed by atoms with Gasteiger partial charge in [0.1, 0.15) is 5.01 Å². The van der Waals surface area contributed by atoms with Gasteiger partial charge in [0.15, 0.2) is 0 Å². The molecule has 0 fully saturated rings. The molecule has 2 aromatic rings. The van der Waals surface area contributed by atoms with Gasteiger partial charge >= 0.3 is 0 Å². The predicted octanol–water partition coefficient (Wildman–Crippen LogP) is 4.54. The molecule has 0 saturated heterocycles. The molecular formula is C15H19ClN2S. The van der Waals surface area contributed by atoms with Gasteiger partial charge in [0.05, 0.1) is 11.7 Å². The van der Waals surface area contributed by atoms with Crippen LogP contribution >= 0.6 is 22.9 Å². The van der Waals surface area contributed by atoms with Crippen LogP contribution in [0.4, 0.5) is 0 Å². The summed E-state index contributed by atoms with van der Waals surface area (Å²) >= 11 is 7.91. The van der Waals surface area contributed by atoms with Crippen LogP contribution in [0.2, 0.25) is 5.02 Å². The van der Waals surface area contributed by atoms with Gasteiger partial charge in [0.25, 0.3) is 0 Å². The van der Waals surface area contributed by atoms with E-state index in [1.165, 1.54) is 0 Å². The number of nitrogens with zero attached hydrogens (tertiary/aromatic N) is 1. The number of aryl methyl sites for hydroxylation is 1. The Morgan fingerprint density at radius 3 is 2.58 bits per heavy atom. The summed E-state index contributed by atoms with van der Waals surface area (Å²) in [5.74, 6) is 0.462. The van der Waals surface area contributed by atoms with E-state index in [2.05, 4.69) is 36.7 Å². The Hall–Kier alpha value is -0.900. The fraction of sp³-hybridized carbons (Fsp3) is 0.400. The van der Waals surface area contributed by atoms with E-state index < -0.39 is 0 Å². The lowest BCUT2D eigenvalue weighted by molar-refractivity contribution is 0.678. The SMILES string of the molecule is CNC(c1ccc(C)c(Cl)c1)c1nc(C(C)C)cs1. The van der Waals surface area contributed by atoms with Gasteiger partial charge in [-0.15, -0.1) is 11.3 Å². The van der Waals surface area contributed by atoms with E-state index in [9.17, 15) is 0 Å². The fourth-order valence-electron chi connectivity index (χ4n) is 1.92. The summed E-state index contributed by atoms with van der Waals surface area (Å²) in [6.07, 6.45) is 0. The van der Waals surface area contributed by atoms with Crippen molar-refractivity contribution in [3.63, 3.8) is 0 Å². The zero-order valence-corrected chi connectivity index (χ0v) is 13.3. The number of hydrogen-bond donors (Lipinski definition) is 1. The lowest BCUT2D eigenvalue weighted by Gasteiger charge is -2.15. The Kier molecular flexibility index (Phi) is 4.61. The van der Waals surface area contributed by atoms with Gasteiger partial charge in [0, 0.05) is 10.4 Å². The number of benzene rings is 1. The van der Waals surface area contributed by atoms with Gasteiger partial charge < -0.3 is 5.32 Å². The van der Waals surface area contributed by atoms with Crippen LogP contribution in [0.1, 0.15) is 47.6 Å². The van der Waals surface area contributed by atoms with Crippen molar-refractivity contribution in [1.82, 2.24) is 10.3 Å². The summed E-state index contributed by atoms with van der Waals surface area (Å²) < 4.78 is 0. The summed E-state index contributed by atoms with van der Waals surface area (Å²) in [6.45, 7) is 6.34. The first-order valence-corrected chi connectivity index (χ1v) is 7.67. The smallest absolute Gasteiger partial charge is 0.114 e. The van der Waals surface area contributed by atoms with Crippen LogP contribution in [-0.4, -0.2) is 12.0 Å². The number of nitrogens with one attached hydrogen (secondary N) is 1. The highest BCUT2D eigenvalue weighted by Gasteiger charge is 2.17. The van der Waals surface area contributed by atoms with Gasteiger partial charge in [0.2, 0.25) is 0 Å². The van der Waals surface area contributed by atoms with E-state index in [1.807, 2.05) is 20.0 Å². The molecule has 0 aliphatic heterocycles. The molecule has 0 radical (unpaired) electrons. The minimum atomic E-state index is 0.107. The number of thiazole rings is 1. The van der Waals surface area contributed by atoms with E-state index in [1.54, 1.807) is 11.3 Å². The molecule has 0 saturated carbocycles. The van der Waals surface area contributed by atoms with E-state index >= 15 is 0 Å². The van der Waals surface area contributed by atoms with Crippen LogP contribution in [0.3, 0.4) is 0 Å². The van der Waals surface area contributed by atoms with Gasteiger partial charge in [-0.2, -0.15) is 0 Å². The van der Waals surface area contributed by atoms with Crippen molar-refractivity contribution >= 4 is 22.9 Å². The molecule has 1 atom stereocenters. The molecular weight excluding hydrogens is 276 g/mol. The first-order chi connectivity index (χ1) is 9.02. The maximum absolute atomic E-state index is 6.21. The molecule has 0 bridgehead atoms. The molecule has 1 heterocycles. The summed E-state index contributed by atoms with van der Waals surface area (Å²) in [7, 11) is 1.95. The average Bonchev–Trinajstić information content (AvgIpc) is 2.84. The average molecular weight is 295 g/mol. The van der Waals surface area contributed by atoms with Crippen LogP contribution in [0.5, 0.6) is 0 Å². The molecule has 0 amide bonds. The van der Waals surface area contributed by atoms with E-state index in [0.29, 0.717) is 5.92 Å². The summed E-state index contributed by atoms with van der Waals surface area (Å²) in [4.78, 5) is 4.72. The molecule has 2 rings (SSSR count). The lowest BCUT2D eigenvalue weighted by atomic mass is 10.1. The van der Waals surface area contributed by atoms with Gasteiger partial charge in [-0.1, -0.05) is 37.6 Å². The molecule has 1 aromatic carbocycles. The van der Waals surface area contributed by atoms with Crippen molar-refractivity contribution in [1.29, 1.82) is 0 Å². The van der Waals surface area contributed by atoms with Crippen molar-refractivity contribution in [2.75, 3.05) is 7.05 Å². The molecule has 0 aliphatic rings. The molecule has 1 unspecified atom stereocenters. The fourth-order valence-corrected chi connectivity index (χ4v) is 3.22. The summed E-state index contributed by atoms with van der Waals surface area (Å²) in [6, 6.07) is 6.29. The van der Waals surface area contributed by atoms with E-state index in [0.717, 1.165) is 26.9 Å². The first kappa shape index (κ1) is 14.5. The molecule has 19 heavy (non-hydrogen) atoms. The van der Waals surface area contributed by atoms with E-state index in [4.69, 9.17) is 16.6 Å². The highest BCUT2D eigenvalue weighted by Crippen LogP contribution is 2.29. The van der Waals surface area contributed by atoms with Crippen molar-refractivity contribution < 1.29 is 0 Å². The topological polar surface area (TPSA) is 24.9 Å². The monoisotopic (exact) mass is 294 g/mol. The summed E-state index contributed by atoms with van der Waals surface area (Å²) in [5, 5.41) is 7.35. The Labute approximate surface area is 123 Å². The van der Waals surface area contributed by atoms with Crippen LogP contribution in [-0.2, 0) is 0 Å². The number of aromatic nitrogens is 1. The molecule has 0 spiro atoms. The summed E-state index contributed by atoms with van der Waals surface area (Å²) in [5.41, 5.74) is 3.41. The minimum Gasteiger partial charge on any atom is -0.307 e. The zero-order valence-electron chi connectivity index (χ0n) is 11.7. The number of halogens is 1. The number of rotatable bonds is 4. The van der Waals surface area contributed by atoms with Crippen LogP contribution in [0.15, 0.2) is 23.6 Å². The van der Waals surface area contributed by atoms with E-state index in [-0.39, 0.29) is 6.04 Å². The quantitative estimate of drug-likeness (QED) is 0.895. The molecule has 1 N–H and O–H groups in total. The van der Waals surface area contributed by atoms with Crippen molar-refractivity contribution in [3.05, 3.63) is 50.4 Å². The standard InChI is InChI=1S/C15H19ClN2S/c1-9(2)13-8-19-15(18-13)14(17-4)11-6-5-10(3)12(16)7-11/h5-9,14,17H,1-4H3. The van der Waals surface area contributed by atoms with Gasteiger partial charge in [-0.05, 0) is 37.1 Å². The Balaban J connectivity index is 2.35. The Morgan fingerprint density at radius 2 is 2.05 bits per heavy atom. The van der Waals surface area contributed by atoms with Gasteiger partial charge in [-0.25, -0.2) is 4.98 Å². The lowest BCUT2D eigenvalue weighted by Crippen LogP contribution is -2.17. The highest BCUT2D eigenvalue weighted by atomic mass is 35.5. The maximum atomic E-state index is 6.21. The molecule has 1 aromatic heterocycles. The third kappa shape index (κ3) is 3.16. The predicted molar refractivity (Wildman–Crippen MR) is 83.3 cm³/mol. The normalized spacial score (nSPS) is 12.9. The van der Waals surface area contributed by atoms with Gasteiger partial charge in [-0.3, -0.25) is 0 Å². The second-order valence-corrected chi connectivity index (χ2v) is 6.29. The number of hydrogen-bond acceptors (Lipinski definition) is 3. The van der Waals surface area contributed by atoms with Crippen LogP contribution in [0.25, 0.3) is 0 Å². The highest BCUT2D eigenvalue weighted by molar-refractivity contribution is 7.09. The Bertz CT molecular complexity index is 563. The third-order valence-corrected chi connectivity index (χ3v) is 4.53. The molecule has 2 nitrogen and oxygen atoms in total. The third-order valence-electron chi connectivity index (χ3n) is 3.20. The molecule has 4 heteroatoms. The Morgan fingerprint density at radius 1 is 1.32 bits per heavy atom.